The molecule has 0 saturated carbocycles. The highest BCUT2D eigenvalue weighted by atomic mass is 19.4. The number of ether oxygens (including phenoxy) is 1. The summed E-state index contributed by atoms with van der Waals surface area (Å²) in [5.74, 6) is -2.44. The molecule has 0 heterocycles. The van der Waals surface area contributed by atoms with Crippen molar-refractivity contribution in [2.75, 3.05) is 0 Å². The smallest absolute Gasteiger partial charge is 0.479 e. The van der Waals surface area contributed by atoms with Gasteiger partial charge in [0, 0.05) is 11.1 Å². The van der Waals surface area contributed by atoms with Gasteiger partial charge in [0.05, 0.1) is 5.56 Å². The Morgan fingerprint density at radius 1 is 0.962 bits per heavy atom. The Bertz CT molecular complexity index is 796. The van der Waals surface area contributed by atoms with Crippen molar-refractivity contribution >= 4 is 5.97 Å². The molecular weight excluding hydrogens is 370 g/mol. The van der Waals surface area contributed by atoms with Crippen LogP contribution in [0.4, 0.5) is 26.3 Å². The van der Waals surface area contributed by atoms with Crippen molar-refractivity contribution < 1.29 is 46.1 Å². The van der Waals surface area contributed by atoms with Crippen molar-refractivity contribution in [1.29, 1.82) is 0 Å². The van der Waals surface area contributed by atoms with E-state index < -0.39 is 47.1 Å². The van der Waals surface area contributed by atoms with Gasteiger partial charge in [0.15, 0.2) is 6.10 Å². The van der Waals surface area contributed by atoms with Crippen LogP contribution in [0.2, 0.25) is 0 Å². The molecule has 0 aliphatic heterocycles. The molecule has 0 radical (unpaired) electrons. The number of aliphatic hydroxyl groups is 1. The molecule has 0 aromatic heterocycles. The van der Waals surface area contributed by atoms with Crippen molar-refractivity contribution in [1.82, 2.24) is 0 Å². The van der Waals surface area contributed by atoms with Gasteiger partial charge in [0.2, 0.25) is 0 Å². The first kappa shape index (κ1) is 19.6. The van der Waals surface area contributed by atoms with E-state index in [1.165, 1.54) is 0 Å². The summed E-state index contributed by atoms with van der Waals surface area (Å²) >= 11 is 0. The van der Waals surface area contributed by atoms with E-state index in [4.69, 9.17) is 5.11 Å². The second-order valence-corrected chi connectivity index (χ2v) is 5.08. The third-order valence-corrected chi connectivity index (χ3v) is 3.31. The maximum atomic E-state index is 13.3. The van der Waals surface area contributed by atoms with Gasteiger partial charge in [0.1, 0.15) is 5.75 Å². The molecule has 0 aliphatic carbocycles. The molecule has 2 aromatic rings. The number of halogens is 6. The van der Waals surface area contributed by atoms with Gasteiger partial charge in [-0.25, -0.2) is 4.79 Å². The molecule has 2 aromatic carbocycles. The van der Waals surface area contributed by atoms with E-state index in [1.54, 1.807) is 0 Å². The van der Waals surface area contributed by atoms with Gasteiger partial charge in [-0.15, -0.1) is 13.2 Å². The average molecular weight is 380 g/mol. The topological polar surface area (TPSA) is 66.8 Å². The molecule has 4 nitrogen and oxygen atoms in total. The summed E-state index contributed by atoms with van der Waals surface area (Å²) in [7, 11) is 0. The monoisotopic (exact) mass is 380 g/mol. The van der Waals surface area contributed by atoms with Gasteiger partial charge in [-0.05, 0) is 23.8 Å². The van der Waals surface area contributed by atoms with E-state index >= 15 is 0 Å². The Labute approximate surface area is 142 Å². The number of hydrogen-bond acceptors (Lipinski definition) is 3. The van der Waals surface area contributed by atoms with Crippen molar-refractivity contribution in [3.8, 4) is 16.9 Å². The van der Waals surface area contributed by atoms with Gasteiger partial charge in [0.25, 0.3) is 0 Å². The first-order chi connectivity index (χ1) is 11.9. The predicted octanol–water partition coefficient (Wildman–Crippen LogP) is 4.39. The maximum Gasteiger partial charge on any atom is 0.573 e. The van der Waals surface area contributed by atoms with Crippen LogP contribution in [0.3, 0.4) is 0 Å². The molecule has 0 aliphatic rings. The lowest BCUT2D eigenvalue weighted by molar-refractivity contribution is -0.274. The minimum absolute atomic E-state index is 0.234. The number of carboxylic acid groups (broad SMARTS) is 1. The number of alkyl halides is 6. The molecular formula is C16H10F6O4. The van der Waals surface area contributed by atoms with Gasteiger partial charge in [-0.2, -0.15) is 13.2 Å². The van der Waals surface area contributed by atoms with E-state index in [0.29, 0.717) is 6.07 Å². The zero-order chi connectivity index (χ0) is 19.7. The van der Waals surface area contributed by atoms with Gasteiger partial charge < -0.3 is 14.9 Å². The quantitative estimate of drug-likeness (QED) is 0.773. The molecule has 1 atom stereocenters. The summed E-state index contributed by atoms with van der Waals surface area (Å²) < 4.78 is 80.0. The number of carboxylic acids is 1. The first-order valence-electron chi connectivity index (χ1n) is 6.87. The predicted molar refractivity (Wildman–Crippen MR) is 76.2 cm³/mol. The zero-order valence-corrected chi connectivity index (χ0v) is 12.6. The summed E-state index contributed by atoms with van der Waals surface area (Å²) in [5, 5.41) is 18.6. The van der Waals surface area contributed by atoms with Gasteiger partial charge in [-0.3, -0.25) is 0 Å². The first-order valence-corrected chi connectivity index (χ1v) is 6.87. The summed E-state index contributed by atoms with van der Waals surface area (Å²) in [6, 6.07) is 5.97. The second-order valence-electron chi connectivity index (χ2n) is 5.08. The zero-order valence-electron chi connectivity index (χ0n) is 12.6. The number of hydrogen-bond donors (Lipinski definition) is 2. The van der Waals surface area contributed by atoms with Crippen LogP contribution in [-0.2, 0) is 11.0 Å². The fourth-order valence-electron chi connectivity index (χ4n) is 2.31. The molecule has 0 bridgehead atoms. The van der Waals surface area contributed by atoms with Gasteiger partial charge in [-0.1, -0.05) is 24.3 Å². The van der Waals surface area contributed by atoms with Crippen molar-refractivity contribution in [3.05, 3.63) is 53.6 Å². The lowest BCUT2D eigenvalue weighted by atomic mass is 9.91. The summed E-state index contributed by atoms with van der Waals surface area (Å²) in [6.07, 6.45) is -12.1. The van der Waals surface area contributed by atoms with E-state index in [1.807, 2.05) is 0 Å². The number of carbonyl (C=O) groups is 1. The summed E-state index contributed by atoms with van der Waals surface area (Å²) in [6.45, 7) is 0. The van der Waals surface area contributed by atoms with E-state index in [9.17, 15) is 36.2 Å². The molecule has 2 N–H and O–H groups in total. The number of benzene rings is 2. The Morgan fingerprint density at radius 2 is 1.54 bits per heavy atom. The Kier molecular flexibility index (Phi) is 5.17. The average Bonchev–Trinajstić information content (AvgIpc) is 2.52. The Balaban J connectivity index is 2.61. The van der Waals surface area contributed by atoms with Crippen LogP contribution < -0.4 is 4.74 Å². The SMILES string of the molecule is O=C(O)C(O)c1cccc(C(F)(F)F)c1-c1ccc(OC(F)(F)F)cc1. The molecule has 140 valence electrons. The van der Waals surface area contributed by atoms with Crippen LogP contribution in [0.15, 0.2) is 42.5 Å². The molecule has 26 heavy (non-hydrogen) atoms. The molecule has 10 heteroatoms. The van der Waals surface area contributed by atoms with Crippen LogP contribution >= 0.6 is 0 Å². The van der Waals surface area contributed by atoms with Crippen molar-refractivity contribution in [2.45, 2.75) is 18.6 Å². The van der Waals surface area contributed by atoms with Crippen molar-refractivity contribution in [3.63, 3.8) is 0 Å². The number of rotatable bonds is 4. The second kappa shape index (κ2) is 6.87. The van der Waals surface area contributed by atoms with Crippen LogP contribution in [0.1, 0.15) is 17.2 Å². The summed E-state index contributed by atoms with van der Waals surface area (Å²) in [5.41, 5.74) is -2.66. The van der Waals surface area contributed by atoms with E-state index in [-0.39, 0.29) is 5.56 Å². The molecule has 0 fully saturated rings. The third kappa shape index (κ3) is 4.45. The minimum Gasteiger partial charge on any atom is -0.479 e. The van der Waals surface area contributed by atoms with Crippen LogP contribution in [0, 0.1) is 0 Å². The standard InChI is InChI=1S/C16H10F6O4/c17-15(18,19)11-3-1-2-10(13(23)14(24)25)12(11)8-4-6-9(7-5-8)26-16(20,21)22/h1-7,13,23H,(H,24,25). The lowest BCUT2D eigenvalue weighted by Crippen LogP contribution is -2.17. The highest BCUT2D eigenvalue weighted by Gasteiger charge is 2.36. The van der Waals surface area contributed by atoms with E-state index in [2.05, 4.69) is 4.74 Å². The normalized spacial score (nSPS) is 13.3. The lowest BCUT2D eigenvalue weighted by Gasteiger charge is -2.19. The van der Waals surface area contributed by atoms with Crippen molar-refractivity contribution in [2.24, 2.45) is 0 Å². The minimum atomic E-state index is -4.98. The largest absolute Gasteiger partial charge is 0.573 e. The summed E-state index contributed by atoms with van der Waals surface area (Å²) in [4.78, 5) is 11.0. The molecule has 0 spiro atoms. The molecule has 0 amide bonds. The molecule has 0 saturated heterocycles. The van der Waals surface area contributed by atoms with Crippen LogP contribution in [0.25, 0.3) is 11.1 Å². The third-order valence-electron chi connectivity index (χ3n) is 3.31. The molecule has 2 rings (SSSR count). The van der Waals surface area contributed by atoms with E-state index in [0.717, 1.165) is 36.4 Å². The van der Waals surface area contributed by atoms with Gasteiger partial charge >= 0.3 is 18.5 Å². The fraction of sp³-hybridized carbons (Fsp3) is 0.188. The maximum absolute atomic E-state index is 13.3. The van der Waals surface area contributed by atoms with Crippen LogP contribution in [0.5, 0.6) is 5.75 Å². The molecule has 1 unspecified atom stereocenters. The fourth-order valence-corrected chi connectivity index (χ4v) is 2.31. The van der Waals surface area contributed by atoms with Crippen LogP contribution in [-0.4, -0.2) is 22.5 Å². The number of aliphatic hydroxyl groups excluding tert-OH is 1. The Morgan fingerprint density at radius 3 is 2.00 bits per heavy atom. The Hall–Kier alpha value is -2.75. The number of aliphatic carboxylic acids is 1. The highest BCUT2D eigenvalue weighted by molar-refractivity contribution is 5.81. The highest BCUT2D eigenvalue weighted by Crippen LogP contribution is 2.41.